The van der Waals surface area contributed by atoms with E-state index in [0.717, 1.165) is 12.8 Å². The van der Waals surface area contributed by atoms with Crippen molar-refractivity contribution in [2.45, 2.75) is 77.6 Å². The number of aliphatic hydroxyl groups is 1. The zero-order valence-corrected chi connectivity index (χ0v) is 16.6. The SMILES string of the molecule is Cc1cc2c(c(=O)o1)CC1C(C)(CCC3C(C)(C)OC(=O)CC(O)C31C)O2. The van der Waals surface area contributed by atoms with Crippen LogP contribution in [-0.2, 0) is 16.0 Å². The summed E-state index contributed by atoms with van der Waals surface area (Å²) < 4.78 is 17.4. The molecular weight excluding hydrogens is 348 g/mol. The van der Waals surface area contributed by atoms with Crippen LogP contribution in [0.4, 0.5) is 0 Å². The Morgan fingerprint density at radius 1 is 1.07 bits per heavy atom. The largest absolute Gasteiger partial charge is 0.487 e. The lowest BCUT2D eigenvalue weighted by atomic mass is 9.49. The Bertz CT molecular complexity index is 855. The van der Waals surface area contributed by atoms with Gasteiger partial charge in [0, 0.05) is 23.3 Å². The Morgan fingerprint density at radius 2 is 1.78 bits per heavy atom. The first-order valence-corrected chi connectivity index (χ1v) is 9.70. The first-order valence-electron chi connectivity index (χ1n) is 9.70. The van der Waals surface area contributed by atoms with Gasteiger partial charge >= 0.3 is 11.6 Å². The van der Waals surface area contributed by atoms with Gasteiger partial charge in [-0.2, -0.15) is 0 Å². The van der Waals surface area contributed by atoms with Crippen LogP contribution in [-0.4, -0.2) is 28.4 Å². The predicted octanol–water partition coefficient (Wildman–Crippen LogP) is 2.76. The van der Waals surface area contributed by atoms with Crippen LogP contribution in [0.5, 0.6) is 5.75 Å². The number of ether oxygens (including phenoxy) is 2. The molecule has 1 saturated carbocycles. The van der Waals surface area contributed by atoms with Crippen molar-refractivity contribution in [2.75, 3.05) is 0 Å². The Balaban J connectivity index is 1.86. The molecule has 148 valence electrons. The monoisotopic (exact) mass is 376 g/mol. The molecule has 1 aromatic rings. The molecule has 0 spiro atoms. The van der Waals surface area contributed by atoms with Gasteiger partial charge in [-0.25, -0.2) is 4.79 Å². The number of fused-ring (bicyclic) bond motifs is 4. The third-order valence-electron chi connectivity index (χ3n) is 7.35. The molecule has 5 atom stereocenters. The van der Waals surface area contributed by atoms with Crippen LogP contribution in [0.15, 0.2) is 15.3 Å². The quantitative estimate of drug-likeness (QED) is 0.701. The summed E-state index contributed by atoms with van der Waals surface area (Å²) in [5.41, 5.74) is -1.71. The summed E-state index contributed by atoms with van der Waals surface area (Å²) in [4.78, 5) is 24.7. The number of carbonyl (C=O) groups excluding carboxylic acids is 1. The Hall–Kier alpha value is -1.82. The predicted molar refractivity (Wildman–Crippen MR) is 97.6 cm³/mol. The normalized spacial score (nSPS) is 39.9. The maximum absolute atomic E-state index is 12.5. The number of rotatable bonds is 0. The average Bonchev–Trinajstić information content (AvgIpc) is 2.57. The van der Waals surface area contributed by atoms with Gasteiger partial charge in [0.1, 0.15) is 22.7 Å². The summed E-state index contributed by atoms with van der Waals surface area (Å²) in [6.07, 6.45) is 1.10. The average molecular weight is 376 g/mol. The van der Waals surface area contributed by atoms with Crippen molar-refractivity contribution in [3.8, 4) is 5.75 Å². The highest BCUT2D eigenvalue weighted by atomic mass is 16.6. The Labute approximate surface area is 158 Å². The third kappa shape index (κ3) is 2.56. The molecular formula is C21H28O6. The summed E-state index contributed by atoms with van der Waals surface area (Å²) in [6.45, 7) is 9.66. The lowest BCUT2D eigenvalue weighted by Gasteiger charge is -2.60. The summed E-state index contributed by atoms with van der Waals surface area (Å²) in [5, 5.41) is 11.1. The van der Waals surface area contributed by atoms with Gasteiger partial charge in [-0.05, 0) is 47.0 Å². The Kier molecular flexibility index (Phi) is 3.84. The summed E-state index contributed by atoms with van der Waals surface area (Å²) in [6, 6.07) is 1.77. The van der Waals surface area contributed by atoms with Crippen molar-refractivity contribution >= 4 is 5.97 Å². The zero-order chi connectivity index (χ0) is 19.8. The van der Waals surface area contributed by atoms with E-state index in [2.05, 4.69) is 6.92 Å². The smallest absolute Gasteiger partial charge is 0.342 e. The minimum atomic E-state index is -0.857. The summed E-state index contributed by atoms with van der Waals surface area (Å²) in [7, 11) is 0. The second-order valence-electron chi connectivity index (χ2n) is 9.41. The second kappa shape index (κ2) is 5.60. The lowest BCUT2D eigenvalue weighted by Crippen LogP contribution is -2.64. The van der Waals surface area contributed by atoms with Crippen molar-refractivity contribution in [1.29, 1.82) is 0 Å². The van der Waals surface area contributed by atoms with Gasteiger partial charge in [0.25, 0.3) is 0 Å². The molecule has 27 heavy (non-hydrogen) atoms. The van der Waals surface area contributed by atoms with E-state index in [1.54, 1.807) is 13.0 Å². The number of hydrogen-bond acceptors (Lipinski definition) is 6. The zero-order valence-electron chi connectivity index (χ0n) is 16.6. The number of esters is 1. The molecule has 1 aliphatic carbocycles. The van der Waals surface area contributed by atoms with Gasteiger partial charge in [0.15, 0.2) is 0 Å². The van der Waals surface area contributed by atoms with Crippen LogP contribution < -0.4 is 10.4 Å². The van der Waals surface area contributed by atoms with Gasteiger partial charge in [-0.1, -0.05) is 6.92 Å². The fraction of sp³-hybridized carbons (Fsp3) is 0.714. The van der Waals surface area contributed by atoms with Crippen LogP contribution in [0.1, 0.15) is 58.3 Å². The van der Waals surface area contributed by atoms with E-state index in [-0.39, 0.29) is 29.9 Å². The molecule has 2 fully saturated rings. The van der Waals surface area contributed by atoms with E-state index in [1.165, 1.54) is 0 Å². The highest BCUT2D eigenvalue weighted by Crippen LogP contribution is 2.60. The van der Waals surface area contributed by atoms with Gasteiger partial charge in [-0.15, -0.1) is 0 Å². The minimum absolute atomic E-state index is 0.0350. The Morgan fingerprint density at radius 3 is 2.48 bits per heavy atom. The molecule has 3 aliphatic rings. The molecule has 5 unspecified atom stereocenters. The van der Waals surface area contributed by atoms with Crippen molar-refractivity contribution < 1.29 is 23.8 Å². The van der Waals surface area contributed by atoms with Crippen LogP contribution in [0.25, 0.3) is 0 Å². The molecule has 1 saturated heterocycles. The minimum Gasteiger partial charge on any atom is -0.487 e. The van der Waals surface area contributed by atoms with E-state index < -0.39 is 22.7 Å². The van der Waals surface area contributed by atoms with Gasteiger partial charge in [0.05, 0.1) is 18.1 Å². The van der Waals surface area contributed by atoms with Gasteiger partial charge in [0.2, 0.25) is 0 Å². The van der Waals surface area contributed by atoms with E-state index in [1.807, 2.05) is 20.8 Å². The lowest BCUT2D eigenvalue weighted by molar-refractivity contribution is -0.194. The topological polar surface area (TPSA) is 86.0 Å². The van der Waals surface area contributed by atoms with Crippen molar-refractivity contribution in [1.82, 2.24) is 0 Å². The standard InChI is InChI=1S/C21H28O6/c1-11-8-13-12(18(24)25-11)9-15-20(4,26-13)7-6-14-19(2,3)27-17(23)10-16(22)21(14,15)5/h8,14-16,22H,6-7,9-10H2,1-5H3. The van der Waals surface area contributed by atoms with Crippen LogP contribution in [0, 0.1) is 24.2 Å². The highest BCUT2D eigenvalue weighted by molar-refractivity contribution is 5.71. The molecule has 0 radical (unpaired) electrons. The van der Waals surface area contributed by atoms with Gasteiger partial charge < -0.3 is 19.0 Å². The molecule has 1 aromatic heterocycles. The molecule has 2 aliphatic heterocycles. The van der Waals surface area contributed by atoms with Crippen molar-refractivity contribution in [3.63, 3.8) is 0 Å². The summed E-state index contributed by atoms with van der Waals surface area (Å²) in [5.74, 6) is 0.560. The summed E-state index contributed by atoms with van der Waals surface area (Å²) >= 11 is 0. The fourth-order valence-corrected chi connectivity index (χ4v) is 6.06. The van der Waals surface area contributed by atoms with Gasteiger partial charge in [-0.3, -0.25) is 4.79 Å². The maximum Gasteiger partial charge on any atom is 0.342 e. The number of hydrogen-bond donors (Lipinski definition) is 1. The van der Waals surface area contributed by atoms with Crippen LogP contribution in [0.2, 0.25) is 0 Å². The molecule has 0 aromatic carbocycles. The molecule has 3 heterocycles. The van der Waals surface area contributed by atoms with Crippen molar-refractivity contribution in [3.05, 3.63) is 27.8 Å². The van der Waals surface area contributed by atoms with E-state index >= 15 is 0 Å². The molecule has 0 amide bonds. The van der Waals surface area contributed by atoms with E-state index in [9.17, 15) is 14.7 Å². The molecule has 0 bridgehead atoms. The number of carbonyl (C=O) groups is 1. The first-order chi connectivity index (χ1) is 12.5. The number of cyclic esters (lactones) is 1. The second-order valence-corrected chi connectivity index (χ2v) is 9.41. The van der Waals surface area contributed by atoms with Crippen LogP contribution >= 0.6 is 0 Å². The first kappa shape index (κ1) is 18.5. The molecule has 6 heteroatoms. The number of aryl methyl sites for hydroxylation is 1. The molecule has 1 N–H and O–H groups in total. The molecule has 4 rings (SSSR count). The highest BCUT2D eigenvalue weighted by Gasteiger charge is 2.64. The van der Waals surface area contributed by atoms with Crippen LogP contribution in [0.3, 0.4) is 0 Å². The molecule has 6 nitrogen and oxygen atoms in total. The number of aliphatic hydroxyl groups excluding tert-OH is 1. The van der Waals surface area contributed by atoms with E-state index in [0.29, 0.717) is 23.5 Å². The maximum atomic E-state index is 12.5. The third-order valence-corrected chi connectivity index (χ3v) is 7.35. The van der Waals surface area contributed by atoms with Crippen molar-refractivity contribution in [2.24, 2.45) is 17.3 Å². The van der Waals surface area contributed by atoms with E-state index in [4.69, 9.17) is 13.9 Å². The fourth-order valence-electron chi connectivity index (χ4n) is 6.06.